The molecule has 6 heteroatoms. The maximum atomic E-state index is 12.3. The molecule has 0 aliphatic carbocycles. The van der Waals surface area contributed by atoms with Crippen molar-refractivity contribution in [1.29, 1.82) is 0 Å². The number of amides is 2. The van der Waals surface area contributed by atoms with Crippen molar-refractivity contribution in [2.75, 3.05) is 5.32 Å². The van der Waals surface area contributed by atoms with Crippen LogP contribution in [-0.4, -0.2) is 28.4 Å². The minimum Gasteiger partial charge on any atom is -0.478 e. The number of hydrogen-bond donors (Lipinski definition) is 3. The fraction of sp³-hybridized carbons (Fsp3) is 0.167. The molecule has 0 aliphatic rings. The summed E-state index contributed by atoms with van der Waals surface area (Å²) in [4.78, 5) is 35.4. The zero-order valence-corrected chi connectivity index (χ0v) is 13.4. The quantitative estimate of drug-likeness (QED) is 0.787. The molecule has 0 aliphatic heterocycles. The van der Waals surface area contributed by atoms with Crippen molar-refractivity contribution in [2.24, 2.45) is 0 Å². The summed E-state index contributed by atoms with van der Waals surface area (Å²) in [5, 5.41) is 14.2. The highest BCUT2D eigenvalue weighted by atomic mass is 16.4. The maximum absolute atomic E-state index is 12.3. The van der Waals surface area contributed by atoms with E-state index in [1.165, 1.54) is 24.3 Å². The molecule has 2 aromatic carbocycles. The summed E-state index contributed by atoms with van der Waals surface area (Å²) >= 11 is 0. The second kappa shape index (κ2) is 6.95. The number of carbonyl (C=O) groups is 3. The number of anilines is 1. The number of carboxylic acid groups (broad SMARTS) is 1. The van der Waals surface area contributed by atoms with Crippen LogP contribution >= 0.6 is 0 Å². The highest BCUT2D eigenvalue weighted by molar-refractivity contribution is 6.03. The van der Waals surface area contributed by atoms with Gasteiger partial charge in [-0.3, -0.25) is 9.59 Å². The zero-order chi connectivity index (χ0) is 17.7. The lowest BCUT2D eigenvalue weighted by atomic mass is 10.0. The molecule has 0 bridgehead atoms. The van der Waals surface area contributed by atoms with E-state index in [0.29, 0.717) is 5.69 Å². The third kappa shape index (κ3) is 4.19. The zero-order valence-electron chi connectivity index (χ0n) is 13.4. The van der Waals surface area contributed by atoms with E-state index in [4.69, 9.17) is 5.11 Å². The minimum absolute atomic E-state index is 0.0904. The van der Waals surface area contributed by atoms with Crippen LogP contribution in [-0.2, 0) is 4.79 Å². The molecule has 3 N–H and O–H groups in total. The lowest BCUT2D eigenvalue weighted by Gasteiger charge is -2.25. The number of nitrogens with one attached hydrogen (secondary N) is 2. The summed E-state index contributed by atoms with van der Waals surface area (Å²) in [6, 6.07) is 14.4. The Morgan fingerprint density at radius 3 is 1.96 bits per heavy atom. The first-order valence-electron chi connectivity index (χ1n) is 7.32. The lowest BCUT2D eigenvalue weighted by molar-refractivity contribution is -0.120. The van der Waals surface area contributed by atoms with Gasteiger partial charge in [0.1, 0.15) is 5.54 Å². The molecule has 0 unspecified atom stereocenters. The summed E-state index contributed by atoms with van der Waals surface area (Å²) in [6.45, 7) is 3.18. The number of aromatic carboxylic acids is 1. The van der Waals surface area contributed by atoms with Gasteiger partial charge in [0.2, 0.25) is 5.91 Å². The second-order valence-corrected chi connectivity index (χ2v) is 5.78. The Bertz CT molecular complexity index is 752. The highest BCUT2D eigenvalue weighted by Crippen LogP contribution is 2.12. The topological polar surface area (TPSA) is 95.5 Å². The fourth-order valence-electron chi connectivity index (χ4n) is 1.99. The Kier molecular flexibility index (Phi) is 4.99. The molecule has 0 aromatic heterocycles. The van der Waals surface area contributed by atoms with Gasteiger partial charge in [-0.15, -0.1) is 0 Å². The Hall–Kier alpha value is -3.15. The van der Waals surface area contributed by atoms with Gasteiger partial charge in [0.25, 0.3) is 5.91 Å². The summed E-state index contributed by atoms with van der Waals surface area (Å²) in [5.74, 6) is -1.88. The van der Waals surface area contributed by atoms with E-state index in [-0.39, 0.29) is 17.0 Å². The van der Waals surface area contributed by atoms with Gasteiger partial charge in [-0.25, -0.2) is 4.79 Å². The van der Waals surface area contributed by atoms with E-state index < -0.39 is 17.4 Å². The van der Waals surface area contributed by atoms with Crippen molar-refractivity contribution in [2.45, 2.75) is 19.4 Å². The number of rotatable bonds is 5. The molecule has 0 saturated carbocycles. The van der Waals surface area contributed by atoms with Crippen LogP contribution in [0.25, 0.3) is 0 Å². The molecular formula is C18H18N2O4. The van der Waals surface area contributed by atoms with Gasteiger partial charge >= 0.3 is 5.97 Å². The van der Waals surface area contributed by atoms with E-state index >= 15 is 0 Å². The van der Waals surface area contributed by atoms with Gasteiger partial charge in [-0.05, 0) is 50.2 Å². The number of para-hydroxylation sites is 1. The Morgan fingerprint density at radius 2 is 1.42 bits per heavy atom. The molecule has 0 spiro atoms. The van der Waals surface area contributed by atoms with Crippen molar-refractivity contribution in [3.05, 3.63) is 65.7 Å². The predicted molar refractivity (Wildman–Crippen MR) is 90.0 cm³/mol. The van der Waals surface area contributed by atoms with E-state index in [1.54, 1.807) is 38.1 Å². The molecule has 24 heavy (non-hydrogen) atoms. The predicted octanol–water partition coefficient (Wildman–Crippen LogP) is 2.53. The standard InChI is InChI=1S/C18H18N2O4/c1-18(2,17(24)19-14-6-4-3-5-7-14)20-15(21)12-8-10-13(11-9-12)16(22)23/h3-11H,1-2H3,(H,19,24)(H,20,21)(H,22,23). The maximum Gasteiger partial charge on any atom is 0.335 e. The Labute approximate surface area is 139 Å². The molecule has 0 heterocycles. The van der Waals surface area contributed by atoms with Crippen molar-refractivity contribution in [1.82, 2.24) is 5.32 Å². The van der Waals surface area contributed by atoms with Crippen molar-refractivity contribution >= 4 is 23.5 Å². The highest BCUT2D eigenvalue weighted by Gasteiger charge is 2.30. The first-order valence-corrected chi connectivity index (χ1v) is 7.32. The summed E-state index contributed by atoms with van der Waals surface area (Å²) in [5.41, 5.74) is -0.137. The van der Waals surface area contributed by atoms with Crippen LogP contribution in [0.1, 0.15) is 34.6 Å². The molecule has 124 valence electrons. The smallest absolute Gasteiger partial charge is 0.335 e. The number of carboxylic acids is 1. The minimum atomic E-state index is -1.14. The van der Waals surface area contributed by atoms with Crippen LogP contribution in [0.15, 0.2) is 54.6 Å². The molecule has 0 radical (unpaired) electrons. The molecular weight excluding hydrogens is 308 g/mol. The average Bonchev–Trinajstić information content (AvgIpc) is 2.55. The molecule has 0 fully saturated rings. The largest absolute Gasteiger partial charge is 0.478 e. The number of hydrogen-bond acceptors (Lipinski definition) is 3. The second-order valence-electron chi connectivity index (χ2n) is 5.78. The SMILES string of the molecule is CC(C)(NC(=O)c1ccc(C(=O)O)cc1)C(=O)Nc1ccccc1. The van der Waals surface area contributed by atoms with Gasteiger partial charge < -0.3 is 15.7 Å². The van der Waals surface area contributed by atoms with Gasteiger partial charge in [-0.1, -0.05) is 18.2 Å². The van der Waals surface area contributed by atoms with Crippen molar-refractivity contribution in [3.8, 4) is 0 Å². The van der Waals surface area contributed by atoms with E-state index in [9.17, 15) is 14.4 Å². The van der Waals surface area contributed by atoms with Crippen LogP contribution in [0.2, 0.25) is 0 Å². The monoisotopic (exact) mass is 326 g/mol. The summed E-state index contributed by atoms with van der Waals surface area (Å²) in [7, 11) is 0. The molecule has 2 aromatic rings. The Morgan fingerprint density at radius 1 is 0.875 bits per heavy atom. The number of carbonyl (C=O) groups excluding carboxylic acids is 2. The van der Waals surface area contributed by atoms with Gasteiger partial charge in [-0.2, -0.15) is 0 Å². The summed E-state index contributed by atoms with van der Waals surface area (Å²) in [6.07, 6.45) is 0. The molecule has 0 atom stereocenters. The van der Waals surface area contributed by atoms with E-state index in [0.717, 1.165) is 0 Å². The van der Waals surface area contributed by atoms with E-state index in [2.05, 4.69) is 10.6 Å². The van der Waals surface area contributed by atoms with Crippen LogP contribution in [0.3, 0.4) is 0 Å². The van der Waals surface area contributed by atoms with Crippen LogP contribution < -0.4 is 10.6 Å². The average molecular weight is 326 g/mol. The molecule has 6 nitrogen and oxygen atoms in total. The van der Waals surface area contributed by atoms with Crippen LogP contribution in [0.4, 0.5) is 5.69 Å². The normalized spacial score (nSPS) is 10.8. The first kappa shape index (κ1) is 17.2. The third-order valence-corrected chi connectivity index (χ3v) is 3.42. The van der Waals surface area contributed by atoms with Crippen molar-refractivity contribution in [3.63, 3.8) is 0 Å². The van der Waals surface area contributed by atoms with E-state index in [1.807, 2.05) is 6.07 Å². The van der Waals surface area contributed by atoms with Gasteiger partial charge in [0.15, 0.2) is 0 Å². The van der Waals surface area contributed by atoms with Gasteiger partial charge in [0, 0.05) is 11.3 Å². The lowest BCUT2D eigenvalue weighted by Crippen LogP contribution is -2.52. The fourth-order valence-corrected chi connectivity index (χ4v) is 1.99. The first-order chi connectivity index (χ1) is 11.3. The summed E-state index contributed by atoms with van der Waals surface area (Å²) < 4.78 is 0. The molecule has 2 amide bonds. The molecule has 0 saturated heterocycles. The third-order valence-electron chi connectivity index (χ3n) is 3.42. The van der Waals surface area contributed by atoms with Crippen LogP contribution in [0.5, 0.6) is 0 Å². The van der Waals surface area contributed by atoms with Crippen LogP contribution in [0, 0.1) is 0 Å². The van der Waals surface area contributed by atoms with Gasteiger partial charge in [0.05, 0.1) is 5.56 Å². The number of benzene rings is 2. The Balaban J connectivity index is 2.05. The van der Waals surface area contributed by atoms with Crippen molar-refractivity contribution < 1.29 is 19.5 Å². The molecule has 2 rings (SSSR count).